The van der Waals surface area contributed by atoms with Gasteiger partial charge in [0.25, 0.3) is 5.91 Å². The second kappa shape index (κ2) is 9.07. The van der Waals surface area contributed by atoms with Crippen LogP contribution < -0.4 is 4.74 Å². The lowest BCUT2D eigenvalue weighted by Crippen LogP contribution is -2.27. The zero-order valence-electron chi connectivity index (χ0n) is 15.9. The Hall–Kier alpha value is -3.22. The lowest BCUT2D eigenvalue weighted by Gasteiger charge is -2.14. The summed E-state index contributed by atoms with van der Waals surface area (Å²) >= 11 is 6.69. The summed E-state index contributed by atoms with van der Waals surface area (Å²) < 4.78 is 5.93. The number of thioether (sulfide) groups is 1. The third kappa shape index (κ3) is 4.67. The van der Waals surface area contributed by atoms with E-state index in [1.807, 2.05) is 36.4 Å². The number of amides is 1. The van der Waals surface area contributed by atoms with Crippen LogP contribution in [-0.2, 0) is 11.3 Å². The van der Waals surface area contributed by atoms with Gasteiger partial charge in [0, 0.05) is 0 Å². The van der Waals surface area contributed by atoms with Gasteiger partial charge in [0.2, 0.25) is 0 Å². The third-order valence-corrected chi connectivity index (χ3v) is 5.83. The maximum absolute atomic E-state index is 12.8. The fourth-order valence-corrected chi connectivity index (χ4v) is 4.18. The third-order valence-electron chi connectivity index (χ3n) is 4.46. The molecule has 1 fully saturated rings. The van der Waals surface area contributed by atoms with E-state index >= 15 is 0 Å². The highest BCUT2D eigenvalue weighted by Gasteiger charge is 2.31. The lowest BCUT2D eigenvalue weighted by atomic mass is 10.2. The van der Waals surface area contributed by atoms with Crippen molar-refractivity contribution in [2.24, 2.45) is 0 Å². The molecule has 0 saturated carbocycles. The number of benzene rings is 3. The second-order valence-corrected chi connectivity index (χ2v) is 8.25. The van der Waals surface area contributed by atoms with Crippen LogP contribution in [0.1, 0.15) is 21.5 Å². The summed E-state index contributed by atoms with van der Waals surface area (Å²) in [6.07, 6.45) is 1.80. The Morgan fingerprint density at radius 1 is 0.933 bits per heavy atom. The van der Waals surface area contributed by atoms with E-state index in [0.29, 0.717) is 27.1 Å². The number of carbonyl (C=O) groups is 2. The largest absolute Gasteiger partial charge is 0.423 e. The quantitative estimate of drug-likeness (QED) is 0.237. The van der Waals surface area contributed by atoms with Crippen molar-refractivity contribution in [1.82, 2.24) is 4.90 Å². The predicted molar refractivity (Wildman–Crippen MR) is 123 cm³/mol. The van der Waals surface area contributed by atoms with E-state index in [1.54, 1.807) is 59.5 Å². The van der Waals surface area contributed by atoms with E-state index in [0.717, 1.165) is 11.1 Å². The van der Waals surface area contributed by atoms with Crippen molar-refractivity contribution < 1.29 is 14.3 Å². The van der Waals surface area contributed by atoms with Gasteiger partial charge in [-0.15, -0.1) is 0 Å². The van der Waals surface area contributed by atoms with Gasteiger partial charge in [-0.25, -0.2) is 4.79 Å². The highest BCUT2D eigenvalue weighted by Crippen LogP contribution is 2.33. The minimum atomic E-state index is -0.412. The smallest absolute Gasteiger partial charge is 0.343 e. The van der Waals surface area contributed by atoms with Crippen LogP contribution in [0.15, 0.2) is 89.8 Å². The summed E-state index contributed by atoms with van der Waals surface area (Å²) in [5, 5.41) is 0. The molecule has 6 heteroatoms. The number of carbonyl (C=O) groups excluding carboxylic acids is 2. The van der Waals surface area contributed by atoms with Crippen LogP contribution in [-0.4, -0.2) is 21.1 Å². The maximum atomic E-state index is 12.8. The molecule has 0 aromatic heterocycles. The number of thiocarbonyl (C=S) groups is 1. The first-order valence-electron chi connectivity index (χ1n) is 9.27. The van der Waals surface area contributed by atoms with Gasteiger partial charge in [-0.2, -0.15) is 0 Å². The van der Waals surface area contributed by atoms with Crippen LogP contribution in [0.2, 0.25) is 0 Å². The molecular weight excluding hydrogens is 414 g/mol. The van der Waals surface area contributed by atoms with Gasteiger partial charge in [-0.05, 0) is 41.5 Å². The highest BCUT2D eigenvalue weighted by molar-refractivity contribution is 8.26. The zero-order chi connectivity index (χ0) is 20.9. The molecule has 30 heavy (non-hydrogen) atoms. The van der Waals surface area contributed by atoms with Gasteiger partial charge in [-0.1, -0.05) is 84.6 Å². The zero-order valence-corrected chi connectivity index (χ0v) is 17.5. The SMILES string of the molecule is O=C(Oc1ccc(C=C2SC(=S)N(Cc3ccccc3)C2=O)cc1)c1ccccc1. The molecule has 1 heterocycles. The van der Waals surface area contributed by atoms with Crippen LogP contribution >= 0.6 is 24.0 Å². The van der Waals surface area contributed by atoms with Crippen LogP contribution in [0.25, 0.3) is 6.08 Å². The molecular formula is C24H17NO3S2. The van der Waals surface area contributed by atoms with E-state index in [9.17, 15) is 9.59 Å². The second-order valence-electron chi connectivity index (χ2n) is 6.58. The number of rotatable bonds is 5. The van der Waals surface area contributed by atoms with Gasteiger partial charge in [0.1, 0.15) is 10.1 Å². The molecule has 0 unspecified atom stereocenters. The molecule has 0 atom stereocenters. The highest BCUT2D eigenvalue weighted by atomic mass is 32.2. The molecule has 4 rings (SSSR count). The Balaban J connectivity index is 1.44. The Morgan fingerprint density at radius 2 is 1.57 bits per heavy atom. The summed E-state index contributed by atoms with van der Waals surface area (Å²) in [6, 6.07) is 25.6. The molecule has 1 aliphatic rings. The number of hydrogen-bond acceptors (Lipinski definition) is 5. The van der Waals surface area contributed by atoms with E-state index in [4.69, 9.17) is 17.0 Å². The molecule has 1 amide bonds. The van der Waals surface area contributed by atoms with Crippen molar-refractivity contribution >= 4 is 46.3 Å². The van der Waals surface area contributed by atoms with Crippen molar-refractivity contribution in [2.75, 3.05) is 0 Å². The Morgan fingerprint density at radius 3 is 2.23 bits per heavy atom. The molecule has 148 valence electrons. The topological polar surface area (TPSA) is 46.6 Å². The van der Waals surface area contributed by atoms with Crippen molar-refractivity contribution in [3.8, 4) is 5.75 Å². The number of hydrogen-bond donors (Lipinski definition) is 0. The lowest BCUT2D eigenvalue weighted by molar-refractivity contribution is -0.122. The molecule has 1 saturated heterocycles. The van der Waals surface area contributed by atoms with Crippen molar-refractivity contribution in [2.45, 2.75) is 6.54 Å². The monoisotopic (exact) mass is 431 g/mol. The van der Waals surface area contributed by atoms with Gasteiger partial charge in [0.15, 0.2) is 0 Å². The van der Waals surface area contributed by atoms with E-state index in [2.05, 4.69) is 0 Å². The summed E-state index contributed by atoms with van der Waals surface area (Å²) in [4.78, 5) is 27.1. The van der Waals surface area contributed by atoms with E-state index < -0.39 is 5.97 Å². The molecule has 0 radical (unpaired) electrons. The summed E-state index contributed by atoms with van der Waals surface area (Å²) in [7, 11) is 0. The average molecular weight is 432 g/mol. The van der Waals surface area contributed by atoms with Crippen LogP contribution in [0.4, 0.5) is 0 Å². The standard InChI is InChI=1S/C24H17NO3S2/c26-22-21(30-24(29)25(22)16-18-7-3-1-4-8-18)15-17-11-13-20(14-12-17)28-23(27)19-9-5-2-6-10-19/h1-15H,16H2. The van der Waals surface area contributed by atoms with Gasteiger partial charge in [-0.3, -0.25) is 9.69 Å². The first-order chi connectivity index (χ1) is 14.6. The Bertz CT molecular complexity index is 1110. The normalized spacial score (nSPS) is 14.9. The molecule has 0 aliphatic carbocycles. The summed E-state index contributed by atoms with van der Waals surface area (Å²) in [6.45, 7) is 0.456. The fourth-order valence-electron chi connectivity index (χ4n) is 2.93. The van der Waals surface area contributed by atoms with Crippen LogP contribution in [0.3, 0.4) is 0 Å². The molecule has 0 spiro atoms. The van der Waals surface area contributed by atoms with Crippen LogP contribution in [0, 0.1) is 0 Å². The maximum Gasteiger partial charge on any atom is 0.343 e. The summed E-state index contributed by atoms with van der Waals surface area (Å²) in [5.41, 5.74) is 2.35. The van der Waals surface area contributed by atoms with E-state index in [-0.39, 0.29) is 5.91 Å². The number of ether oxygens (including phenoxy) is 1. The predicted octanol–water partition coefficient (Wildman–Crippen LogP) is 5.31. The number of esters is 1. The molecule has 1 aliphatic heterocycles. The van der Waals surface area contributed by atoms with Crippen molar-refractivity contribution in [3.05, 3.63) is 107 Å². The Kier molecular flexibility index (Phi) is 6.07. The molecule has 0 N–H and O–H groups in total. The van der Waals surface area contributed by atoms with Crippen LogP contribution in [0.5, 0.6) is 5.75 Å². The van der Waals surface area contributed by atoms with Gasteiger partial charge >= 0.3 is 5.97 Å². The minimum absolute atomic E-state index is 0.103. The fraction of sp³-hybridized carbons (Fsp3) is 0.0417. The molecule has 0 bridgehead atoms. The number of nitrogens with zero attached hydrogens (tertiary/aromatic N) is 1. The minimum Gasteiger partial charge on any atom is -0.423 e. The van der Waals surface area contributed by atoms with Gasteiger partial charge < -0.3 is 4.74 Å². The Labute approximate surface area is 184 Å². The van der Waals surface area contributed by atoms with Gasteiger partial charge in [0.05, 0.1) is 17.0 Å². The molecule has 3 aromatic carbocycles. The summed E-state index contributed by atoms with van der Waals surface area (Å²) in [5.74, 6) is -0.0730. The van der Waals surface area contributed by atoms with Crippen molar-refractivity contribution in [1.29, 1.82) is 0 Å². The molecule has 4 nitrogen and oxygen atoms in total. The first-order valence-corrected chi connectivity index (χ1v) is 10.5. The van der Waals surface area contributed by atoms with E-state index in [1.165, 1.54) is 11.8 Å². The molecule has 3 aromatic rings. The van der Waals surface area contributed by atoms with Crippen molar-refractivity contribution in [3.63, 3.8) is 0 Å². The average Bonchev–Trinajstić information content (AvgIpc) is 3.04. The first kappa shape index (κ1) is 20.1.